The monoisotopic (exact) mass is 619 g/mol. The van der Waals surface area contributed by atoms with Crippen LogP contribution < -0.4 is 14.4 Å². The van der Waals surface area contributed by atoms with Gasteiger partial charge in [0.2, 0.25) is 10.0 Å². The molecule has 11 heteroatoms. The van der Waals surface area contributed by atoms with E-state index in [4.69, 9.17) is 14.1 Å². The fourth-order valence-electron chi connectivity index (χ4n) is 5.31. The summed E-state index contributed by atoms with van der Waals surface area (Å²) >= 11 is 0. The number of sulfonamides is 1. The maximum atomic E-state index is 13.3. The van der Waals surface area contributed by atoms with Crippen LogP contribution >= 0.6 is 0 Å². The molecule has 2 N–H and O–H groups in total. The van der Waals surface area contributed by atoms with Crippen LogP contribution in [0, 0.1) is 18.3 Å². The molecule has 3 aromatic carbocycles. The molecule has 0 aliphatic heterocycles. The molecular formula is C34H29N5O5S. The number of pyridine rings is 1. The van der Waals surface area contributed by atoms with Crippen molar-refractivity contribution in [2.75, 3.05) is 31.8 Å². The van der Waals surface area contributed by atoms with E-state index in [0.29, 0.717) is 67.5 Å². The fourth-order valence-corrected chi connectivity index (χ4v) is 5.82. The average molecular weight is 620 g/mol. The van der Waals surface area contributed by atoms with E-state index in [-0.39, 0.29) is 5.91 Å². The highest BCUT2D eigenvalue weighted by Crippen LogP contribution is 2.42. The third-order valence-corrected chi connectivity index (χ3v) is 8.96. The molecular weight excluding hydrogens is 590 g/mol. The van der Waals surface area contributed by atoms with Crippen molar-refractivity contribution >= 4 is 43.5 Å². The number of H-pyrrole nitrogens is 1. The number of rotatable bonds is 7. The molecule has 3 heterocycles. The first kappa shape index (κ1) is 29.5. The summed E-state index contributed by atoms with van der Waals surface area (Å²) in [5.41, 5.74) is 6.05. The average Bonchev–Trinajstić information content (AvgIpc) is 3.64. The number of hydrogen-bond donors (Lipinski definition) is 2. The number of amides is 1. The lowest BCUT2D eigenvalue weighted by atomic mass is 10.00. The van der Waals surface area contributed by atoms with Gasteiger partial charge in [-0.25, -0.2) is 13.4 Å². The Labute approximate surface area is 259 Å². The Morgan fingerprint density at radius 2 is 1.82 bits per heavy atom. The van der Waals surface area contributed by atoms with Crippen LogP contribution in [-0.4, -0.2) is 51.8 Å². The molecule has 0 radical (unpaired) electrons. The standard InChI is InChI=1S/C34H29N5O5S/c1-19-6-9-21(10-7-19)33-31(34(40)36-2)24-16-23(28(17-30(24)44-33)39(3)45(5,41)42)25-12-13-29(43-4)32(38-25)27-15-22-11-8-20(18-35)14-26(22)37-27/h6-17,37H,1-5H3,(H,36,40). The van der Waals surface area contributed by atoms with Gasteiger partial charge >= 0.3 is 0 Å². The Hall–Kier alpha value is -5.60. The third kappa shape index (κ3) is 5.25. The number of anilines is 1. The highest BCUT2D eigenvalue weighted by Gasteiger charge is 2.27. The Bertz CT molecular complexity index is 2280. The first-order chi connectivity index (χ1) is 21.5. The van der Waals surface area contributed by atoms with E-state index in [1.54, 1.807) is 50.6 Å². The number of nitrogens with zero attached hydrogens (tertiary/aromatic N) is 3. The lowest BCUT2D eigenvalue weighted by molar-refractivity contribution is 0.0964. The topological polar surface area (TPSA) is 141 Å². The molecule has 0 bridgehead atoms. The van der Waals surface area contributed by atoms with Gasteiger partial charge in [-0.05, 0) is 43.3 Å². The van der Waals surface area contributed by atoms with Crippen LogP contribution in [0.15, 0.2) is 77.2 Å². The van der Waals surface area contributed by atoms with Gasteiger partial charge in [0.15, 0.2) is 0 Å². The summed E-state index contributed by atoms with van der Waals surface area (Å²) in [4.78, 5) is 21.6. The number of benzene rings is 3. The number of aromatic nitrogens is 2. The minimum atomic E-state index is -3.71. The van der Waals surface area contributed by atoms with Crippen molar-refractivity contribution in [3.8, 4) is 45.8 Å². The number of nitrogens with one attached hydrogen (secondary N) is 2. The Balaban J connectivity index is 1.62. The van der Waals surface area contributed by atoms with Crippen LogP contribution in [0.25, 0.3) is 55.8 Å². The predicted octanol–water partition coefficient (Wildman–Crippen LogP) is 6.25. The van der Waals surface area contributed by atoms with Crippen LogP contribution in [0.2, 0.25) is 0 Å². The number of aromatic amines is 1. The van der Waals surface area contributed by atoms with Gasteiger partial charge < -0.3 is 19.5 Å². The summed E-state index contributed by atoms with van der Waals surface area (Å²) < 4.78 is 38.8. The molecule has 6 aromatic rings. The van der Waals surface area contributed by atoms with E-state index in [1.807, 2.05) is 43.3 Å². The zero-order valence-electron chi connectivity index (χ0n) is 25.2. The highest BCUT2D eigenvalue weighted by atomic mass is 32.2. The van der Waals surface area contributed by atoms with Crippen molar-refractivity contribution < 1.29 is 22.4 Å². The van der Waals surface area contributed by atoms with Crippen molar-refractivity contribution in [3.63, 3.8) is 0 Å². The Morgan fingerprint density at radius 3 is 2.49 bits per heavy atom. The molecule has 45 heavy (non-hydrogen) atoms. The molecule has 0 aliphatic rings. The van der Waals surface area contributed by atoms with Crippen LogP contribution in [0.4, 0.5) is 5.69 Å². The van der Waals surface area contributed by atoms with E-state index in [1.165, 1.54) is 7.05 Å². The zero-order valence-corrected chi connectivity index (χ0v) is 26.0. The number of hydrogen-bond acceptors (Lipinski definition) is 7. The lowest BCUT2D eigenvalue weighted by Gasteiger charge is -2.21. The summed E-state index contributed by atoms with van der Waals surface area (Å²) in [6.07, 6.45) is 1.11. The number of carbonyl (C=O) groups excluding carboxylic acids is 1. The van der Waals surface area contributed by atoms with E-state index in [2.05, 4.69) is 16.4 Å². The molecule has 10 nitrogen and oxygen atoms in total. The van der Waals surface area contributed by atoms with Gasteiger partial charge in [0.25, 0.3) is 5.91 Å². The maximum absolute atomic E-state index is 13.3. The molecule has 0 unspecified atom stereocenters. The van der Waals surface area contributed by atoms with E-state index in [0.717, 1.165) is 27.0 Å². The molecule has 0 saturated carbocycles. The minimum Gasteiger partial charge on any atom is -0.494 e. The van der Waals surface area contributed by atoms with Gasteiger partial charge in [0.05, 0.1) is 47.6 Å². The van der Waals surface area contributed by atoms with E-state index >= 15 is 0 Å². The van der Waals surface area contributed by atoms with Crippen LogP contribution in [0.5, 0.6) is 5.75 Å². The van der Waals surface area contributed by atoms with Gasteiger partial charge in [-0.15, -0.1) is 0 Å². The number of nitriles is 1. The second-order valence-electron chi connectivity index (χ2n) is 10.7. The van der Waals surface area contributed by atoms with Gasteiger partial charge in [-0.3, -0.25) is 9.10 Å². The fraction of sp³-hybridized carbons (Fsp3) is 0.147. The summed E-state index contributed by atoms with van der Waals surface area (Å²) in [6, 6.07) is 23.9. The molecule has 0 atom stereocenters. The third-order valence-electron chi connectivity index (χ3n) is 7.77. The number of aryl methyl sites for hydroxylation is 1. The smallest absolute Gasteiger partial charge is 0.255 e. The first-order valence-electron chi connectivity index (χ1n) is 13.9. The number of furan rings is 1. The minimum absolute atomic E-state index is 0.316. The number of methoxy groups -OCH3 is 1. The largest absolute Gasteiger partial charge is 0.494 e. The van der Waals surface area contributed by atoms with Crippen molar-refractivity contribution in [1.82, 2.24) is 15.3 Å². The molecule has 0 saturated heterocycles. The summed E-state index contributed by atoms with van der Waals surface area (Å²) in [7, 11) is 0.835. The quantitative estimate of drug-likeness (QED) is 0.215. The predicted molar refractivity (Wildman–Crippen MR) is 175 cm³/mol. The number of fused-ring (bicyclic) bond motifs is 2. The highest BCUT2D eigenvalue weighted by molar-refractivity contribution is 7.92. The van der Waals surface area contributed by atoms with Gasteiger partial charge in [-0.2, -0.15) is 5.26 Å². The Morgan fingerprint density at radius 1 is 1.07 bits per heavy atom. The summed E-state index contributed by atoms with van der Waals surface area (Å²) in [5.74, 6) is 0.506. The molecule has 3 aromatic heterocycles. The molecule has 0 fully saturated rings. The first-order valence-corrected chi connectivity index (χ1v) is 15.8. The second-order valence-corrected chi connectivity index (χ2v) is 12.7. The second kappa shape index (κ2) is 11.2. The van der Waals surface area contributed by atoms with Crippen LogP contribution in [0.3, 0.4) is 0 Å². The van der Waals surface area contributed by atoms with Crippen molar-refractivity contribution in [3.05, 3.63) is 89.5 Å². The van der Waals surface area contributed by atoms with E-state index < -0.39 is 10.0 Å². The Kier molecular flexibility index (Phi) is 7.30. The van der Waals surface area contributed by atoms with Crippen LogP contribution in [-0.2, 0) is 10.0 Å². The molecule has 226 valence electrons. The van der Waals surface area contributed by atoms with Crippen LogP contribution in [0.1, 0.15) is 21.5 Å². The molecule has 6 rings (SSSR count). The summed E-state index contributed by atoms with van der Waals surface area (Å²) in [5, 5.41) is 13.4. The van der Waals surface area contributed by atoms with Crippen molar-refractivity contribution in [1.29, 1.82) is 5.26 Å². The van der Waals surface area contributed by atoms with Crippen molar-refractivity contribution in [2.45, 2.75) is 6.92 Å². The van der Waals surface area contributed by atoms with Gasteiger partial charge in [-0.1, -0.05) is 35.9 Å². The van der Waals surface area contributed by atoms with Crippen molar-refractivity contribution in [2.24, 2.45) is 0 Å². The lowest BCUT2D eigenvalue weighted by Crippen LogP contribution is -2.25. The molecule has 0 aliphatic carbocycles. The van der Waals surface area contributed by atoms with Gasteiger partial charge in [0.1, 0.15) is 22.8 Å². The number of ether oxygens (including phenoxy) is 1. The maximum Gasteiger partial charge on any atom is 0.255 e. The zero-order chi connectivity index (χ0) is 32.0. The summed E-state index contributed by atoms with van der Waals surface area (Å²) in [6.45, 7) is 1.97. The molecule has 1 amide bonds. The van der Waals surface area contributed by atoms with Gasteiger partial charge in [0, 0.05) is 47.6 Å². The normalized spacial score (nSPS) is 11.5. The number of carbonyl (C=O) groups is 1. The molecule has 0 spiro atoms. The SMILES string of the molecule is CNC(=O)c1c(-c2ccc(C)cc2)oc2cc(N(C)S(C)(=O)=O)c(-c3ccc(OC)c(-c4cc5ccc(C#N)cc5[nH]4)n3)cc12. The van der Waals surface area contributed by atoms with E-state index in [9.17, 15) is 18.5 Å².